The van der Waals surface area contributed by atoms with Crippen LogP contribution in [0.25, 0.3) is 11.3 Å². The van der Waals surface area contributed by atoms with E-state index in [-0.39, 0.29) is 11.5 Å². The highest BCUT2D eigenvalue weighted by Crippen LogP contribution is 2.31. The zero-order valence-corrected chi connectivity index (χ0v) is 23.2. The standard InChI is InChI=1S/C27H38FN9O2/c1-5-20-17-36(25-26(39-28)31-24-23(30-25)32-27(38)33-24)13-14-37(20)21-9-11-35(12-10-21)16-19-7-8-22(15-18(19)3)34(4)29-6-2/h6-8,15,20-21H,5,9-14,16-17H2,1-4H3,(H2,30,31,32,33,38)/b29-6-. The molecule has 1 atom stereocenters. The summed E-state index contributed by atoms with van der Waals surface area (Å²) in [5.74, 6) is 0.102. The molecule has 2 N–H and O–H groups in total. The lowest BCUT2D eigenvalue weighted by molar-refractivity contribution is -0.0116. The number of aromatic nitrogens is 4. The van der Waals surface area contributed by atoms with Gasteiger partial charge in [0.2, 0.25) is 0 Å². The van der Waals surface area contributed by atoms with Gasteiger partial charge >= 0.3 is 11.6 Å². The molecule has 0 aliphatic carbocycles. The molecule has 5 rings (SSSR count). The van der Waals surface area contributed by atoms with Crippen molar-refractivity contribution in [1.29, 1.82) is 0 Å². The summed E-state index contributed by atoms with van der Waals surface area (Å²) >= 11 is 0. The number of aryl methyl sites for hydroxylation is 1. The van der Waals surface area contributed by atoms with Gasteiger partial charge in [0.25, 0.3) is 0 Å². The number of nitrogens with one attached hydrogen (secondary N) is 2. The van der Waals surface area contributed by atoms with Gasteiger partial charge in [0, 0.05) is 56.1 Å². The number of piperidine rings is 1. The summed E-state index contributed by atoms with van der Waals surface area (Å²) in [5.41, 5.74) is 3.78. The zero-order chi connectivity index (χ0) is 27.5. The van der Waals surface area contributed by atoms with Gasteiger partial charge in [-0.1, -0.05) is 13.0 Å². The van der Waals surface area contributed by atoms with Crippen molar-refractivity contribution in [3.8, 4) is 5.88 Å². The molecule has 11 nitrogen and oxygen atoms in total. The van der Waals surface area contributed by atoms with E-state index in [0.717, 1.165) is 51.1 Å². The van der Waals surface area contributed by atoms with Crippen LogP contribution in [-0.2, 0) is 6.54 Å². The average molecular weight is 540 g/mol. The Kier molecular flexibility index (Phi) is 8.12. The molecule has 210 valence electrons. The van der Waals surface area contributed by atoms with Crippen molar-refractivity contribution in [1.82, 2.24) is 29.7 Å². The second kappa shape index (κ2) is 11.7. The second-order valence-electron chi connectivity index (χ2n) is 10.5. The molecule has 2 aliphatic rings. The molecule has 0 radical (unpaired) electrons. The van der Waals surface area contributed by atoms with Crippen molar-refractivity contribution >= 4 is 29.0 Å². The molecule has 4 heterocycles. The highest BCUT2D eigenvalue weighted by atomic mass is 19.3. The third kappa shape index (κ3) is 5.76. The first-order valence-electron chi connectivity index (χ1n) is 13.7. The van der Waals surface area contributed by atoms with E-state index in [2.05, 4.69) is 71.8 Å². The van der Waals surface area contributed by atoms with Gasteiger partial charge in [-0.25, -0.2) is 9.78 Å². The highest BCUT2D eigenvalue weighted by molar-refractivity contribution is 5.70. The number of likely N-dealkylation sites (tertiary alicyclic amines) is 1. The molecule has 1 aromatic carbocycles. The summed E-state index contributed by atoms with van der Waals surface area (Å²) in [6.07, 6.45) is 5.01. The maximum atomic E-state index is 13.4. The fraction of sp³-hybridized carbons (Fsp3) is 0.556. The quantitative estimate of drug-likeness (QED) is 0.332. The fourth-order valence-electron chi connectivity index (χ4n) is 5.94. The minimum Gasteiger partial charge on any atom is -0.349 e. The number of fused-ring (bicyclic) bond motifs is 1. The number of anilines is 2. The van der Waals surface area contributed by atoms with Gasteiger partial charge in [0.1, 0.15) is 0 Å². The normalized spacial score (nSPS) is 19.8. The van der Waals surface area contributed by atoms with Crippen LogP contribution in [0.15, 0.2) is 28.1 Å². The number of H-pyrrole nitrogens is 2. The van der Waals surface area contributed by atoms with Crippen LogP contribution in [-0.4, -0.2) is 87.8 Å². The van der Waals surface area contributed by atoms with E-state index in [1.54, 1.807) is 6.21 Å². The number of nitrogens with zero attached hydrogens (tertiary/aromatic N) is 7. The van der Waals surface area contributed by atoms with Gasteiger partial charge in [-0.05, 0) is 69.5 Å². The summed E-state index contributed by atoms with van der Waals surface area (Å²) in [6.45, 7) is 11.6. The first-order valence-corrected chi connectivity index (χ1v) is 13.7. The third-order valence-corrected chi connectivity index (χ3v) is 8.09. The molecule has 2 saturated heterocycles. The molecule has 2 aliphatic heterocycles. The molecular formula is C27H38FN9O2. The lowest BCUT2D eigenvalue weighted by Crippen LogP contribution is -2.58. The minimum absolute atomic E-state index is 0.179. The number of imidazole rings is 1. The van der Waals surface area contributed by atoms with Crippen molar-refractivity contribution in [3.05, 3.63) is 39.8 Å². The zero-order valence-electron chi connectivity index (χ0n) is 23.2. The highest BCUT2D eigenvalue weighted by Gasteiger charge is 2.35. The van der Waals surface area contributed by atoms with Crippen molar-refractivity contribution in [2.24, 2.45) is 5.10 Å². The first kappa shape index (κ1) is 27.1. The Morgan fingerprint density at radius 2 is 1.92 bits per heavy atom. The Hall–Kier alpha value is -3.51. The van der Waals surface area contributed by atoms with E-state index in [9.17, 15) is 9.32 Å². The molecule has 2 fully saturated rings. The molecular weight excluding hydrogens is 501 g/mol. The number of hydrazone groups is 1. The predicted molar refractivity (Wildman–Crippen MR) is 151 cm³/mol. The van der Waals surface area contributed by atoms with E-state index in [0.29, 0.717) is 36.6 Å². The van der Waals surface area contributed by atoms with Gasteiger partial charge in [0.15, 0.2) is 17.1 Å². The molecule has 39 heavy (non-hydrogen) atoms. The van der Waals surface area contributed by atoms with Crippen molar-refractivity contribution < 1.29 is 9.47 Å². The van der Waals surface area contributed by atoms with Crippen molar-refractivity contribution in [3.63, 3.8) is 0 Å². The third-order valence-electron chi connectivity index (χ3n) is 8.09. The lowest BCUT2D eigenvalue weighted by Gasteiger charge is -2.47. The molecule has 2 aromatic heterocycles. The fourth-order valence-corrected chi connectivity index (χ4v) is 5.94. The van der Waals surface area contributed by atoms with E-state index in [4.69, 9.17) is 0 Å². The molecule has 0 bridgehead atoms. The van der Waals surface area contributed by atoms with Crippen LogP contribution in [0.4, 0.5) is 16.0 Å². The Morgan fingerprint density at radius 3 is 2.59 bits per heavy atom. The summed E-state index contributed by atoms with van der Waals surface area (Å²) < 4.78 is 13.4. The van der Waals surface area contributed by atoms with Crippen LogP contribution in [0.2, 0.25) is 0 Å². The first-order chi connectivity index (χ1) is 18.9. The summed E-state index contributed by atoms with van der Waals surface area (Å²) in [7, 11) is 1.96. The Labute approximate surface area is 227 Å². The maximum Gasteiger partial charge on any atom is 0.326 e. The van der Waals surface area contributed by atoms with Crippen molar-refractivity contribution in [2.75, 3.05) is 49.7 Å². The number of benzene rings is 1. The van der Waals surface area contributed by atoms with E-state index >= 15 is 0 Å². The second-order valence-corrected chi connectivity index (χ2v) is 10.5. The predicted octanol–water partition coefficient (Wildman–Crippen LogP) is 3.23. The lowest BCUT2D eigenvalue weighted by atomic mass is 9.97. The van der Waals surface area contributed by atoms with Crippen LogP contribution in [0.1, 0.15) is 44.2 Å². The minimum atomic E-state index is -0.434. The number of rotatable bonds is 8. The molecule has 1 unspecified atom stereocenters. The molecule has 0 saturated carbocycles. The molecule has 12 heteroatoms. The Bertz CT molecular complexity index is 1370. The van der Waals surface area contributed by atoms with Crippen LogP contribution in [0.5, 0.6) is 5.88 Å². The maximum absolute atomic E-state index is 13.4. The number of hydrogen-bond acceptors (Lipinski definition) is 9. The molecule has 0 amide bonds. The largest absolute Gasteiger partial charge is 0.349 e. The molecule has 3 aromatic rings. The monoisotopic (exact) mass is 539 g/mol. The summed E-state index contributed by atoms with van der Waals surface area (Å²) in [5, 5.41) is 6.23. The molecule has 0 spiro atoms. The van der Waals surface area contributed by atoms with Crippen LogP contribution >= 0.6 is 0 Å². The Morgan fingerprint density at radius 1 is 1.18 bits per heavy atom. The number of aromatic amines is 2. The van der Waals surface area contributed by atoms with E-state index < -0.39 is 5.69 Å². The van der Waals surface area contributed by atoms with Crippen molar-refractivity contribution in [2.45, 2.75) is 58.7 Å². The number of halogens is 1. The number of hydrogen-bond donors (Lipinski definition) is 2. The van der Waals surface area contributed by atoms with E-state index in [1.807, 2.05) is 23.9 Å². The summed E-state index contributed by atoms with van der Waals surface area (Å²) in [4.78, 5) is 36.5. The Balaban J connectivity index is 1.20. The van der Waals surface area contributed by atoms with Gasteiger partial charge in [-0.2, -0.15) is 10.1 Å². The van der Waals surface area contributed by atoms with Gasteiger partial charge < -0.3 is 4.90 Å². The van der Waals surface area contributed by atoms with Crippen LogP contribution in [0, 0.1) is 6.92 Å². The van der Waals surface area contributed by atoms with Crippen LogP contribution in [0.3, 0.4) is 0 Å². The van der Waals surface area contributed by atoms with Gasteiger partial charge in [-0.3, -0.25) is 29.7 Å². The average Bonchev–Trinajstić information content (AvgIpc) is 3.32. The van der Waals surface area contributed by atoms with Crippen LogP contribution < -0.4 is 20.5 Å². The summed E-state index contributed by atoms with van der Waals surface area (Å²) in [6, 6.07) is 7.40. The topological polar surface area (TPSA) is 109 Å². The number of piperazine rings is 1. The smallest absolute Gasteiger partial charge is 0.326 e. The van der Waals surface area contributed by atoms with Gasteiger partial charge in [0.05, 0.1) is 5.69 Å². The van der Waals surface area contributed by atoms with Gasteiger partial charge in [-0.15, -0.1) is 0 Å². The SMILES string of the molecule is C/C=N\N(C)c1ccc(CN2CCC(N3CCN(c4nc5[nH]c(=O)[nH]c5nc4OF)CC3CC)CC2)c(C)c1. The van der Waals surface area contributed by atoms with E-state index in [1.165, 1.54) is 11.1 Å².